The van der Waals surface area contributed by atoms with Crippen LogP contribution in [0.25, 0.3) is 5.82 Å². The second-order valence-corrected chi connectivity index (χ2v) is 4.34. The summed E-state index contributed by atoms with van der Waals surface area (Å²) in [6.45, 7) is 2.54. The second-order valence-electron chi connectivity index (χ2n) is 3.53. The van der Waals surface area contributed by atoms with Crippen LogP contribution in [0.4, 0.5) is 0 Å². The third-order valence-corrected chi connectivity index (χ3v) is 2.52. The average molecular weight is 282 g/mol. The summed E-state index contributed by atoms with van der Waals surface area (Å²) >= 11 is 3.38. The Morgan fingerprint density at radius 2 is 2.25 bits per heavy atom. The van der Waals surface area contributed by atoms with Gasteiger partial charge in [0.2, 0.25) is 0 Å². The van der Waals surface area contributed by atoms with E-state index in [2.05, 4.69) is 25.9 Å². The summed E-state index contributed by atoms with van der Waals surface area (Å²) in [5.74, 6) is 0.849. The minimum atomic E-state index is 0.514. The van der Waals surface area contributed by atoms with Crippen LogP contribution in [-0.2, 0) is 11.3 Å². The SMILES string of the molecule is COCc1cn(-c2cc(C)cc(Br)n2)cn1. The van der Waals surface area contributed by atoms with Gasteiger partial charge in [-0.05, 0) is 40.5 Å². The molecule has 0 radical (unpaired) electrons. The highest BCUT2D eigenvalue weighted by molar-refractivity contribution is 9.10. The van der Waals surface area contributed by atoms with E-state index >= 15 is 0 Å². The summed E-state index contributed by atoms with van der Waals surface area (Å²) in [5.41, 5.74) is 2.04. The van der Waals surface area contributed by atoms with Gasteiger partial charge in [-0.25, -0.2) is 9.97 Å². The van der Waals surface area contributed by atoms with E-state index in [1.54, 1.807) is 13.4 Å². The van der Waals surface area contributed by atoms with Crippen molar-refractivity contribution in [1.29, 1.82) is 0 Å². The lowest BCUT2D eigenvalue weighted by molar-refractivity contribution is 0.182. The maximum atomic E-state index is 5.02. The highest BCUT2D eigenvalue weighted by Gasteiger charge is 2.03. The third kappa shape index (κ3) is 2.48. The number of hydrogen-bond donors (Lipinski definition) is 0. The predicted octanol–water partition coefficient (Wildman–Crippen LogP) is 2.48. The van der Waals surface area contributed by atoms with Crippen molar-refractivity contribution >= 4 is 15.9 Å². The molecule has 0 saturated heterocycles. The molecule has 0 unspecified atom stereocenters. The Bertz CT molecular complexity index is 475. The average Bonchev–Trinajstić information content (AvgIpc) is 2.65. The predicted molar refractivity (Wildman–Crippen MR) is 64.5 cm³/mol. The fourth-order valence-corrected chi connectivity index (χ4v) is 1.99. The van der Waals surface area contributed by atoms with Crippen LogP contribution in [0.15, 0.2) is 29.3 Å². The normalized spacial score (nSPS) is 10.7. The van der Waals surface area contributed by atoms with E-state index in [-0.39, 0.29) is 0 Å². The molecule has 0 bridgehead atoms. The Balaban J connectivity index is 2.34. The van der Waals surface area contributed by atoms with E-state index in [0.717, 1.165) is 21.7 Å². The molecular formula is C11H12BrN3O. The van der Waals surface area contributed by atoms with Gasteiger partial charge in [0.25, 0.3) is 0 Å². The maximum absolute atomic E-state index is 5.02. The Labute approximate surface area is 102 Å². The molecule has 0 aromatic carbocycles. The molecule has 0 spiro atoms. The molecule has 4 nitrogen and oxygen atoms in total. The smallest absolute Gasteiger partial charge is 0.139 e. The van der Waals surface area contributed by atoms with Gasteiger partial charge in [0.1, 0.15) is 16.7 Å². The Morgan fingerprint density at radius 1 is 1.44 bits per heavy atom. The molecule has 84 valence electrons. The molecule has 5 heteroatoms. The Kier molecular flexibility index (Phi) is 3.36. The maximum Gasteiger partial charge on any atom is 0.139 e. The van der Waals surface area contributed by atoms with Crippen LogP contribution in [0.3, 0.4) is 0 Å². The summed E-state index contributed by atoms with van der Waals surface area (Å²) in [4.78, 5) is 8.60. The molecule has 0 N–H and O–H groups in total. The number of halogens is 1. The van der Waals surface area contributed by atoms with Crippen molar-refractivity contribution in [3.05, 3.63) is 40.5 Å². The Hall–Kier alpha value is -1.20. The summed E-state index contributed by atoms with van der Waals surface area (Å²) in [5, 5.41) is 0. The summed E-state index contributed by atoms with van der Waals surface area (Å²) < 4.78 is 7.72. The Morgan fingerprint density at radius 3 is 2.94 bits per heavy atom. The first-order chi connectivity index (χ1) is 7.69. The molecule has 2 rings (SSSR count). The van der Waals surface area contributed by atoms with Crippen molar-refractivity contribution < 1.29 is 4.74 Å². The first-order valence-electron chi connectivity index (χ1n) is 4.85. The number of methoxy groups -OCH3 is 1. The van der Waals surface area contributed by atoms with Crippen LogP contribution >= 0.6 is 15.9 Å². The molecular weight excluding hydrogens is 270 g/mol. The number of hydrogen-bond acceptors (Lipinski definition) is 3. The first kappa shape index (κ1) is 11.3. The molecule has 0 atom stereocenters. The fraction of sp³-hybridized carbons (Fsp3) is 0.273. The van der Waals surface area contributed by atoms with Gasteiger partial charge in [0, 0.05) is 13.3 Å². The number of nitrogens with zero attached hydrogens (tertiary/aromatic N) is 3. The van der Waals surface area contributed by atoms with Crippen molar-refractivity contribution in [2.45, 2.75) is 13.5 Å². The van der Waals surface area contributed by atoms with Crippen LogP contribution in [0.5, 0.6) is 0 Å². The largest absolute Gasteiger partial charge is 0.378 e. The zero-order chi connectivity index (χ0) is 11.5. The summed E-state index contributed by atoms with van der Waals surface area (Å²) in [7, 11) is 1.65. The molecule has 0 aliphatic carbocycles. The van der Waals surface area contributed by atoms with Gasteiger partial charge in [-0.3, -0.25) is 4.57 Å². The van der Waals surface area contributed by atoms with Crippen molar-refractivity contribution in [3.8, 4) is 5.82 Å². The van der Waals surface area contributed by atoms with Gasteiger partial charge in [-0.2, -0.15) is 0 Å². The van der Waals surface area contributed by atoms with Gasteiger partial charge in [0.15, 0.2) is 0 Å². The lowest BCUT2D eigenvalue weighted by Gasteiger charge is -2.03. The van der Waals surface area contributed by atoms with Crippen LogP contribution in [0.2, 0.25) is 0 Å². The van der Waals surface area contributed by atoms with Crippen LogP contribution < -0.4 is 0 Å². The first-order valence-corrected chi connectivity index (χ1v) is 5.64. The molecule has 0 aliphatic heterocycles. The highest BCUT2D eigenvalue weighted by Crippen LogP contribution is 2.14. The zero-order valence-electron chi connectivity index (χ0n) is 9.14. The lowest BCUT2D eigenvalue weighted by atomic mass is 10.3. The number of imidazole rings is 1. The quantitative estimate of drug-likeness (QED) is 0.812. The number of rotatable bonds is 3. The zero-order valence-corrected chi connectivity index (χ0v) is 10.7. The molecule has 2 aromatic rings. The van der Waals surface area contributed by atoms with Crippen molar-refractivity contribution in [1.82, 2.24) is 14.5 Å². The number of ether oxygens (including phenoxy) is 1. The third-order valence-electron chi connectivity index (χ3n) is 2.12. The lowest BCUT2D eigenvalue weighted by Crippen LogP contribution is -1.95. The topological polar surface area (TPSA) is 39.9 Å². The minimum absolute atomic E-state index is 0.514. The number of pyridine rings is 1. The number of aryl methyl sites for hydroxylation is 1. The molecule has 16 heavy (non-hydrogen) atoms. The van der Waals surface area contributed by atoms with Crippen molar-refractivity contribution in [2.75, 3.05) is 7.11 Å². The monoisotopic (exact) mass is 281 g/mol. The van der Waals surface area contributed by atoms with Gasteiger partial charge < -0.3 is 4.74 Å². The van der Waals surface area contributed by atoms with Gasteiger partial charge in [-0.15, -0.1) is 0 Å². The molecule has 0 aliphatic rings. The standard InChI is InChI=1S/C11H12BrN3O/c1-8-3-10(12)14-11(4-8)15-5-9(6-16-2)13-7-15/h3-5,7H,6H2,1-2H3. The van der Waals surface area contributed by atoms with Gasteiger partial charge in [-0.1, -0.05) is 0 Å². The van der Waals surface area contributed by atoms with Crippen molar-refractivity contribution in [2.24, 2.45) is 0 Å². The van der Waals surface area contributed by atoms with Crippen LogP contribution in [-0.4, -0.2) is 21.6 Å². The van der Waals surface area contributed by atoms with Crippen molar-refractivity contribution in [3.63, 3.8) is 0 Å². The highest BCUT2D eigenvalue weighted by atomic mass is 79.9. The molecule has 2 heterocycles. The van der Waals surface area contributed by atoms with E-state index in [1.807, 2.05) is 29.8 Å². The summed E-state index contributed by atoms with van der Waals surface area (Å²) in [6, 6.07) is 3.97. The number of aromatic nitrogens is 3. The summed E-state index contributed by atoms with van der Waals surface area (Å²) in [6.07, 6.45) is 3.65. The molecule has 0 amide bonds. The van der Waals surface area contributed by atoms with E-state index in [1.165, 1.54) is 0 Å². The van der Waals surface area contributed by atoms with Crippen LogP contribution in [0.1, 0.15) is 11.3 Å². The van der Waals surface area contributed by atoms with E-state index in [4.69, 9.17) is 4.74 Å². The van der Waals surface area contributed by atoms with E-state index in [0.29, 0.717) is 6.61 Å². The van der Waals surface area contributed by atoms with Crippen LogP contribution in [0, 0.1) is 6.92 Å². The second kappa shape index (κ2) is 4.76. The van der Waals surface area contributed by atoms with E-state index in [9.17, 15) is 0 Å². The van der Waals surface area contributed by atoms with Gasteiger partial charge in [0.05, 0.1) is 12.3 Å². The minimum Gasteiger partial charge on any atom is -0.378 e. The van der Waals surface area contributed by atoms with Gasteiger partial charge >= 0.3 is 0 Å². The molecule has 0 saturated carbocycles. The molecule has 2 aromatic heterocycles. The fourth-order valence-electron chi connectivity index (χ4n) is 1.45. The van der Waals surface area contributed by atoms with E-state index < -0.39 is 0 Å². The molecule has 0 fully saturated rings.